The maximum Gasteiger partial charge on any atom is 0.0984 e. The molecule has 14 heavy (non-hydrogen) atoms. The van der Waals surface area contributed by atoms with Crippen LogP contribution in [0.3, 0.4) is 0 Å². The van der Waals surface area contributed by atoms with Gasteiger partial charge < -0.3 is 10.8 Å². The fraction of sp³-hybridized carbons (Fsp3) is 0.545. The highest BCUT2D eigenvalue weighted by molar-refractivity contribution is 5.16. The van der Waals surface area contributed by atoms with Crippen LogP contribution in [-0.2, 0) is 0 Å². The molecule has 1 heterocycles. The van der Waals surface area contributed by atoms with E-state index in [0.29, 0.717) is 0 Å². The molecule has 1 rings (SSSR count). The predicted molar refractivity (Wildman–Crippen MR) is 56.7 cm³/mol. The molecule has 0 saturated carbocycles. The summed E-state index contributed by atoms with van der Waals surface area (Å²) in [6.07, 6.45) is 4.22. The molecule has 1 atom stereocenters. The van der Waals surface area contributed by atoms with Crippen molar-refractivity contribution < 1.29 is 5.11 Å². The first-order valence-corrected chi connectivity index (χ1v) is 5.01. The Balaban J connectivity index is 2.89. The van der Waals surface area contributed by atoms with E-state index in [2.05, 4.69) is 4.98 Å². The number of pyridine rings is 1. The Morgan fingerprint density at radius 3 is 2.57 bits per heavy atom. The van der Waals surface area contributed by atoms with Gasteiger partial charge in [0.25, 0.3) is 0 Å². The van der Waals surface area contributed by atoms with Gasteiger partial charge in [-0.05, 0) is 18.9 Å². The number of hydrogen-bond donors (Lipinski definition) is 2. The number of aliphatic hydroxyl groups excluding tert-OH is 1. The van der Waals surface area contributed by atoms with E-state index >= 15 is 0 Å². The quantitative estimate of drug-likeness (QED) is 0.766. The highest BCUT2D eigenvalue weighted by Gasteiger charge is 2.31. The van der Waals surface area contributed by atoms with Gasteiger partial charge in [0.15, 0.2) is 0 Å². The van der Waals surface area contributed by atoms with Gasteiger partial charge in [-0.2, -0.15) is 0 Å². The van der Waals surface area contributed by atoms with Gasteiger partial charge in [-0.3, -0.25) is 4.98 Å². The molecule has 0 aliphatic carbocycles. The van der Waals surface area contributed by atoms with E-state index in [-0.39, 0.29) is 0 Å². The molecule has 3 nitrogen and oxygen atoms in total. The first-order chi connectivity index (χ1) is 6.64. The number of hydrogen-bond acceptors (Lipinski definition) is 3. The molecule has 0 bridgehead atoms. The standard InChI is InChI=1S/C11H18N2O/c1-3-11(12,4-2)10(14)9-6-5-7-13-8-9/h5-8,10,14H,3-4,12H2,1-2H3. The van der Waals surface area contributed by atoms with Gasteiger partial charge in [0.05, 0.1) is 6.10 Å². The van der Waals surface area contributed by atoms with E-state index in [1.807, 2.05) is 26.0 Å². The average Bonchev–Trinajstić information content (AvgIpc) is 2.28. The van der Waals surface area contributed by atoms with Crippen molar-refractivity contribution in [2.75, 3.05) is 0 Å². The molecule has 78 valence electrons. The lowest BCUT2D eigenvalue weighted by atomic mass is 9.84. The minimum Gasteiger partial charge on any atom is -0.386 e. The molecule has 0 radical (unpaired) electrons. The third kappa shape index (κ3) is 2.11. The van der Waals surface area contributed by atoms with Crippen molar-refractivity contribution in [1.82, 2.24) is 4.98 Å². The lowest BCUT2D eigenvalue weighted by Gasteiger charge is -2.32. The van der Waals surface area contributed by atoms with E-state index < -0.39 is 11.6 Å². The van der Waals surface area contributed by atoms with Gasteiger partial charge in [0.2, 0.25) is 0 Å². The second-order valence-corrected chi connectivity index (χ2v) is 3.63. The van der Waals surface area contributed by atoms with Gasteiger partial charge in [0, 0.05) is 23.5 Å². The smallest absolute Gasteiger partial charge is 0.0984 e. The molecule has 0 fully saturated rings. The summed E-state index contributed by atoms with van der Waals surface area (Å²) in [5.41, 5.74) is 6.35. The highest BCUT2D eigenvalue weighted by Crippen LogP contribution is 2.28. The van der Waals surface area contributed by atoms with Gasteiger partial charge in [-0.25, -0.2) is 0 Å². The molecule has 0 spiro atoms. The van der Waals surface area contributed by atoms with Crippen LogP contribution in [0.25, 0.3) is 0 Å². The lowest BCUT2D eigenvalue weighted by molar-refractivity contribution is 0.0777. The molecule has 1 aromatic rings. The van der Waals surface area contributed by atoms with Crippen molar-refractivity contribution in [3.8, 4) is 0 Å². The van der Waals surface area contributed by atoms with E-state index in [1.54, 1.807) is 12.4 Å². The van der Waals surface area contributed by atoms with Crippen LogP contribution in [0.1, 0.15) is 38.4 Å². The van der Waals surface area contributed by atoms with Crippen LogP contribution in [-0.4, -0.2) is 15.6 Å². The van der Waals surface area contributed by atoms with Crippen LogP contribution in [0.5, 0.6) is 0 Å². The summed E-state index contributed by atoms with van der Waals surface area (Å²) in [6, 6.07) is 3.66. The zero-order valence-electron chi connectivity index (χ0n) is 8.77. The second-order valence-electron chi connectivity index (χ2n) is 3.63. The van der Waals surface area contributed by atoms with E-state index in [0.717, 1.165) is 18.4 Å². The topological polar surface area (TPSA) is 59.1 Å². The average molecular weight is 194 g/mol. The Morgan fingerprint density at radius 2 is 2.14 bits per heavy atom. The molecule has 1 unspecified atom stereocenters. The highest BCUT2D eigenvalue weighted by atomic mass is 16.3. The van der Waals surface area contributed by atoms with Crippen molar-refractivity contribution in [2.45, 2.75) is 38.3 Å². The minimum absolute atomic E-state index is 0.539. The fourth-order valence-electron chi connectivity index (χ4n) is 1.51. The van der Waals surface area contributed by atoms with Crippen LogP contribution in [0.15, 0.2) is 24.5 Å². The monoisotopic (exact) mass is 194 g/mol. The van der Waals surface area contributed by atoms with Crippen LogP contribution < -0.4 is 5.73 Å². The van der Waals surface area contributed by atoms with Crippen LogP contribution in [0.2, 0.25) is 0 Å². The molecular weight excluding hydrogens is 176 g/mol. The predicted octanol–water partition coefficient (Wildman–Crippen LogP) is 1.63. The van der Waals surface area contributed by atoms with E-state index in [9.17, 15) is 5.11 Å². The molecule has 1 aromatic heterocycles. The van der Waals surface area contributed by atoms with Gasteiger partial charge in [0.1, 0.15) is 0 Å². The normalized spacial score (nSPS) is 14.0. The molecule has 0 aromatic carbocycles. The zero-order valence-corrected chi connectivity index (χ0v) is 8.77. The Bertz CT molecular complexity index is 270. The first kappa shape index (κ1) is 11.1. The third-order valence-electron chi connectivity index (χ3n) is 2.86. The summed E-state index contributed by atoms with van der Waals surface area (Å²) in [7, 11) is 0. The maximum absolute atomic E-state index is 10.1. The summed E-state index contributed by atoms with van der Waals surface area (Å²) in [5.74, 6) is 0. The SMILES string of the molecule is CCC(N)(CC)C(O)c1cccnc1. The van der Waals surface area contributed by atoms with Crippen molar-refractivity contribution in [2.24, 2.45) is 5.73 Å². The Labute approximate surface area is 85.0 Å². The fourth-order valence-corrected chi connectivity index (χ4v) is 1.51. The van der Waals surface area contributed by atoms with E-state index in [4.69, 9.17) is 5.73 Å². The van der Waals surface area contributed by atoms with Crippen LogP contribution in [0.4, 0.5) is 0 Å². The Hall–Kier alpha value is -0.930. The van der Waals surface area contributed by atoms with Crippen molar-refractivity contribution in [3.05, 3.63) is 30.1 Å². The summed E-state index contributed by atoms with van der Waals surface area (Å²) < 4.78 is 0. The van der Waals surface area contributed by atoms with Gasteiger partial charge in [-0.1, -0.05) is 19.9 Å². The third-order valence-corrected chi connectivity index (χ3v) is 2.86. The molecule has 0 aliphatic heterocycles. The lowest BCUT2D eigenvalue weighted by Crippen LogP contribution is -2.44. The molecule has 0 amide bonds. The van der Waals surface area contributed by atoms with Gasteiger partial charge >= 0.3 is 0 Å². The van der Waals surface area contributed by atoms with Crippen molar-refractivity contribution >= 4 is 0 Å². The maximum atomic E-state index is 10.1. The second kappa shape index (κ2) is 4.53. The summed E-state index contributed by atoms with van der Waals surface area (Å²) >= 11 is 0. The summed E-state index contributed by atoms with van der Waals surface area (Å²) in [6.45, 7) is 3.98. The summed E-state index contributed by atoms with van der Waals surface area (Å²) in [4.78, 5) is 3.97. The number of nitrogens with two attached hydrogens (primary N) is 1. The van der Waals surface area contributed by atoms with Crippen molar-refractivity contribution in [1.29, 1.82) is 0 Å². The number of aromatic nitrogens is 1. The van der Waals surface area contributed by atoms with Crippen LogP contribution >= 0.6 is 0 Å². The number of rotatable bonds is 4. The minimum atomic E-state index is -0.633. The molecular formula is C11H18N2O. The first-order valence-electron chi connectivity index (χ1n) is 5.01. The summed E-state index contributed by atoms with van der Waals surface area (Å²) in [5, 5.41) is 10.1. The van der Waals surface area contributed by atoms with Crippen LogP contribution in [0, 0.1) is 0 Å². The largest absolute Gasteiger partial charge is 0.386 e. The molecule has 0 aliphatic rings. The Kier molecular flexibility index (Phi) is 3.61. The Morgan fingerprint density at radius 1 is 1.50 bits per heavy atom. The zero-order chi connectivity index (χ0) is 10.6. The molecule has 3 N–H and O–H groups in total. The van der Waals surface area contributed by atoms with Crippen molar-refractivity contribution in [3.63, 3.8) is 0 Å². The molecule has 0 saturated heterocycles. The molecule has 3 heteroatoms. The number of nitrogens with zero attached hydrogens (tertiary/aromatic N) is 1. The van der Waals surface area contributed by atoms with Gasteiger partial charge in [-0.15, -0.1) is 0 Å². The van der Waals surface area contributed by atoms with E-state index in [1.165, 1.54) is 0 Å². The number of aliphatic hydroxyl groups is 1.